The molecule has 190 valence electrons. The fraction of sp³-hybridized carbons (Fsp3) is 0.161. The summed E-state index contributed by atoms with van der Waals surface area (Å²) in [5.41, 5.74) is 4.63. The SMILES string of the molecule is Cc1ccc([P+](CCN2C(=O)c3ccccc3C2=O)(c2ccc(C)cc2)c2ccc(C)cc2)cc1.O.[Br-]. The molecule has 1 heterocycles. The highest BCUT2D eigenvalue weighted by Crippen LogP contribution is 2.55. The Morgan fingerprint density at radius 1 is 0.568 bits per heavy atom. The number of imide groups is 1. The number of hydrogen-bond donors (Lipinski definition) is 0. The lowest BCUT2D eigenvalue weighted by atomic mass is 10.1. The molecule has 0 unspecified atom stereocenters. The number of carbonyl (C=O) groups is 2. The maximum absolute atomic E-state index is 13.2. The summed E-state index contributed by atoms with van der Waals surface area (Å²) in [6.45, 7) is 6.66. The number of carbonyl (C=O) groups excluding carboxylic acids is 2. The van der Waals surface area contributed by atoms with Crippen molar-refractivity contribution in [3.63, 3.8) is 0 Å². The third kappa shape index (κ3) is 5.17. The first-order valence-corrected chi connectivity index (χ1v) is 13.9. The molecular weight excluding hydrogens is 545 g/mol. The molecule has 2 amide bonds. The van der Waals surface area contributed by atoms with Crippen molar-refractivity contribution < 1.29 is 32.0 Å². The maximum Gasteiger partial charge on any atom is 0.261 e. The fourth-order valence-corrected chi connectivity index (χ4v) is 9.07. The molecule has 0 spiro atoms. The van der Waals surface area contributed by atoms with E-state index in [9.17, 15) is 9.59 Å². The first-order valence-electron chi connectivity index (χ1n) is 12.0. The van der Waals surface area contributed by atoms with Gasteiger partial charge < -0.3 is 22.5 Å². The van der Waals surface area contributed by atoms with Crippen LogP contribution in [-0.4, -0.2) is 34.9 Å². The predicted molar refractivity (Wildman–Crippen MR) is 150 cm³/mol. The van der Waals surface area contributed by atoms with Gasteiger partial charge in [0.15, 0.2) is 0 Å². The zero-order valence-electron chi connectivity index (χ0n) is 21.2. The molecule has 1 aliphatic rings. The summed E-state index contributed by atoms with van der Waals surface area (Å²) in [7, 11) is -2.16. The minimum Gasteiger partial charge on any atom is -1.00 e. The Morgan fingerprint density at radius 2 is 0.892 bits per heavy atom. The van der Waals surface area contributed by atoms with Crippen LogP contribution in [0.1, 0.15) is 37.4 Å². The van der Waals surface area contributed by atoms with E-state index in [1.165, 1.54) is 37.5 Å². The van der Waals surface area contributed by atoms with Crippen molar-refractivity contribution in [2.45, 2.75) is 20.8 Å². The molecular formula is C31H31BrNO3P. The summed E-state index contributed by atoms with van der Waals surface area (Å²) < 4.78 is 0. The smallest absolute Gasteiger partial charge is 0.261 e. The van der Waals surface area contributed by atoms with Crippen molar-refractivity contribution in [3.05, 3.63) is 125 Å². The van der Waals surface area contributed by atoms with Crippen molar-refractivity contribution in [2.75, 3.05) is 12.7 Å². The number of benzene rings is 4. The van der Waals surface area contributed by atoms with Crippen LogP contribution in [0.4, 0.5) is 0 Å². The number of aryl methyl sites for hydroxylation is 3. The Balaban J connectivity index is 0.00000190. The van der Waals surface area contributed by atoms with Gasteiger partial charge in [0.1, 0.15) is 23.2 Å². The maximum atomic E-state index is 13.2. The number of nitrogens with zero attached hydrogens (tertiary/aromatic N) is 1. The number of rotatable bonds is 6. The van der Waals surface area contributed by atoms with Crippen molar-refractivity contribution >= 4 is 35.0 Å². The zero-order chi connectivity index (χ0) is 24.6. The Labute approximate surface area is 229 Å². The van der Waals surface area contributed by atoms with E-state index >= 15 is 0 Å². The zero-order valence-corrected chi connectivity index (χ0v) is 23.7. The van der Waals surface area contributed by atoms with Crippen molar-refractivity contribution in [1.29, 1.82) is 0 Å². The highest BCUT2D eigenvalue weighted by Gasteiger charge is 2.47. The van der Waals surface area contributed by atoms with Crippen LogP contribution in [0, 0.1) is 20.8 Å². The molecule has 5 rings (SSSR count). The van der Waals surface area contributed by atoms with Gasteiger partial charge >= 0.3 is 0 Å². The van der Waals surface area contributed by atoms with Gasteiger partial charge in [0.05, 0.1) is 23.8 Å². The Kier molecular flexibility index (Phi) is 8.86. The fourth-order valence-electron chi connectivity index (χ4n) is 4.92. The van der Waals surface area contributed by atoms with E-state index in [0.717, 1.165) is 0 Å². The van der Waals surface area contributed by atoms with E-state index in [1.807, 2.05) is 12.1 Å². The summed E-state index contributed by atoms with van der Waals surface area (Å²) in [4.78, 5) is 27.8. The molecule has 0 fully saturated rings. The predicted octanol–water partition coefficient (Wildman–Crippen LogP) is 1.38. The number of hydrogen-bond acceptors (Lipinski definition) is 2. The van der Waals surface area contributed by atoms with E-state index in [4.69, 9.17) is 0 Å². The van der Waals surface area contributed by atoms with Gasteiger partial charge in [-0.05, 0) is 69.3 Å². The lowest BCUT2D eigenvalue weighted by Gasteiger charge is -2.29. The molecule has 0 saturated heterocycles. The van der Waals surface area contributed by atoms with Crippen LogP contribution in [-0.2, 0) is 0 Å². The summed E-state index contributed by atoms with van der Waals surface area (Å²) in [5.74, 6) is -0.388. The van der Waals surface area contributed by atoms with Crippen molar-refractivity contribution in [3.8, 4) is 0 Å². The molecule has 4 aromatic carbocycles. The Morgan fingerprint density at radius 3 is 1.22 bits per heavy atom. The van der Waals surface area contributed by atoms with Crippen molar-refractivity contribution in [1.82, 2.24) is 4.90 Å². The van der Waals surface area contributed by atoms with Gasteiger partial charge in [-0.15, -0.1) is 0 Å². The van der Waals surface area contributed by atoms with Crippen LogP contribution in [0.5, 0.6) is 0 Å². The average Bonchev–Trinajstić information content (AvgIpc) is 3.12. The van der Waals surface area contributed by atoms with Crippen molar-refractivity contribution in [2.24, 2.45) is 0 Å². The summed E-state index contributed by atoms with van der Waals surface area (Å²) in [6, 6.07) is 33.5. The molecule has 2 N–H and O–H groups in total. The normalized spacial score (nSPS) is 12.6. The third-order valence-corrected chi connectivity index (χ3v) is 11.4. The molecule has 6 heteroatoms. The van der Waals surface area contributed by atoms with Crippen LogP contribution in [0.3, 0.4) is 0 Å². The summed E-state index contributed by atoms with van der Waals surface area (Å²) in [5, 5.41) is 3.77. The standard InChI is InChI=1S/C31H29NO2P.BrH.H2O/c1-22-8-14-25(15-9-22)35(26-16-10-23(2)11-17-26,27-18-12-24(3)13-19-27)21-20-32-30(33)28-6-4-5-7-29(28)31(32)34;;/h4-19H,20-21H2,1-3H3;1H;1H2/q+1;;/p-1. The highest BCUT2D eigenvalue weighted by atomic mass is 79.9. The molecule has 0 radical (unpaired) electrons. The Bertz CT molecular complexity index is 1250. The number of amides is 2. The van der Waals surface area contributed by atoms with E-state index in [1.54, 1.807) is 12.1 Å². The summed E-state index contributed by atoms with van der Waals surface area (Å²) >= 11 is 0. The van der Waals surface area contributed by atoms with E-state index < -0.39 is 7.26 Å². The van der Waals surface area contributed by atoms with Gasteiger partial charge in [0, 0.05) is 0 Å². The van der Waals surface area contributed by atoms with Crippen LogP contribution in [0.2, 0.25) is 0 Å². The van der Waals surface area contributed by atoms with E-state index in [2.05, 4.69) is 93.6 Å². The molecule has 4 nitrogen and oxygen atoms in total. The topological polar surface area (TPSA) is 68.9 Å². The molecule has 0 saturated carbocycles. The van der Waals surface area contributed by atoms with Crippen LogP contribution < -0.4 is 32.9 Å². The van der Waals surface area contributed by atoms with Gasteiger partial charge in [0.25, 0.3) is 11.8 Å². The average molecular weight is 576 g/mol. The highest BCUT2D eigenvalue weighted by molar-refractivity contribution is 7.95. The number of fused-ring (bicyclic) bond motifs is 1. The molecule has 1 aliphatic heterocycles. The third-order valence-electron chi connectivity index (χ3n) is 6.96. The van der Waals surface area contributed by atoms with Gasteiger partial charge in [-0.3, -0.25) is 14.5 Å². The van der Waals surface area contributed by atoms with E-state index in [0.29, 0.717) is 23.8 Å². The first-order chi connectivity index (χ1) is 16.9. The van der Waals surface area contributed by atoms with Gasteiger partial charge in [-0.25, -0.2) is 0 Å². The lowest BCUT2D eigenvalue weighted by Crippen LogP contribution is -3.00. The molecule has 37 heavy (non-hydrogen) atoms. The monoisotopic (exact) mass is 575 g/mol. The van der Waals surface area contributed by atoms with Crippen LogP contribution in [0.25, 0.3) is 0 Å². The second-order valence-electron chi connectivity index (χ2n) is 9.35. The second-order valence-corrected chi connectivity index (χ2v) is 13.0. The quantitative estimate of drug-likeness (QED) is 0.257. The Hall–Kier alpha value is -3.11. The number of halogens is 1. The van der Waals surface area contributed by atoms with Gasteiger partial charge in [-0.2, -0.15) is 0 Å². The van der Waals surface area contributed by atoms with Crippen LogP contribution in [0.15, 0.2) is 97.1 Å². The summed E-state index contributed by atoms with van der Waals surface area (Å²) in [6.07, 6.45) is 0.688. The minimum absolute atomic E-state index is 0. The largest absolute Gasteiger partial charge is 1.00 e. The molecule has 0 bridgehead atoms. The molecule has 0 aromatic heterocycles. The molecule has 4 aromatic rings. The van der Waals surface area contributed by atoms with Gasteiger partial charge in [0.2, 0.25) is 0 Å². The van der Waals surface area contributed by atoms with Gasteiger partial charge in [-0.1, -0.05) is 65.2 Å². The lowest BCUT2D eigenvalue weighted by molar-refractivity contribution is -0.0000313. The minimum atomic E-state index is -2.16. The molecule has 0 atom stereocenters. The van der Waals surface area contributed by atoms with Crippen LogP contribution >= 0.6 is 7.26 Å². The van der Waals surface area contributed by atoms with E-state index in [-0.39, 0.29) is 34.3 Å². The second kappa shape index (κ2) is 11.5. The molecule has 0 aliphatic carbocycles. The first kappa shape index (κ1) is 28.5.